The number of rotatable bonds is 6. The average molecular weight is 334 g/mol. The highest BCUT2D eigenvalue weighted by molar-refractivity contribution is 7.99. The summed E-state index contributed by atoms with van der Waals surface area (Å²) in [6.45, 7) is 4.90. The molecule has 124 valence electrons. The summed E-state index contributed by atoms with van der Waals surface area (Å²) in [4.78, 5) is 23.5. The zero-order chi connectivity index (χ0) is 16.5. The molecular weight excluding hydrogens is 312 g/mol. The first-order valence-corrected chi connectivity index (χ1v) is 8.69. The van der Waals surface area contributed by atoms with Crippen LogP contribution in [0.25, 0.3) is 0 Å². The molecule has 1 aliphatic rings. The van der Waals surface area contributed by atoms with Crippen molar-refractivity contribution >= 4 is 35.1 Å². The zero-order valence-electron chi connectivity index (χ0n) is 12.9. The van der Waals surface area contributed by atoms with Gasteiger partial charge in [0.15, 0.2) is 0 Å². The van der Waals surface area contributed by atoms with Gasteiger partial charge in [-0.1, -0.05) is 6.08 Å². The molecule has 7 heteroatoms. The fourth-order valence-electron chi connectivity index (χ4n) is 2.16. The summed E-state index contributed by atoms with van der Waals surface area (Å²) in [5.41, 5.74) is 1.38. The van der Waals surface area contributed by atoms with Gasteiger partial charge in [0.2, 0.25) is 5.91 Å². The van der Waals surface area contributed by atoms with Crippen molar-refractivity contribution in [1.29, 1.82) is 0 Å². The fourth-order valence-corrected chi connectivity index (χ4v) is 3.11. The number of benzene rings is 1. The van der Waals surface area contributed by atoms with E-state index in [0.29, 0.717) is 18.7 Å². The predicted molar refractivity (Wildman–Crippen MR) is 96.0 cm³/mol. The van der Waals surface area contributed by atoms with Gasteiger partial charge in [0.1, 0.15) is 0 Å². The van der Waals surface area contributed by atoms with Crippen molar-refractivity contribution in [2.24, 2.45) is 0 Å². The molecule has 1 unspecified atom stereocenters. The van der Waals surface area contributed by atoms with Crippen molar-refractivity contribution in [3.63, 3.8) is 0 Å². The second-order valence-electron chi connectivity index (χ2n) is 5.18. The quantitative estimate of drug-likeness (QED) is 0.600. The monoisotopic (exact) mass is 334 g/mol. The number of hydrogen-bond acceptors (Lipinski definition) is 4. The van der Waals surface area contributed by atoms with Crippen molar-refractivity contribution in [2.45, 2.75) is 12.5 Å². The normalized spacial score (nSPS) is 17.1. The molecule has 3 amide bonds. The van der Waals surface area contributed by atoms with Crippen LogP contribution in [0.2, 0.25) is 0 Å². The second kappa shape index (κ2) is 9.22. The third-order valence-electron chi connectivity index (χ3n) is 3.26. The molecule has 1 aliphatic heterocycles. The number of carbonyl (C=O) groups is 2. The Labute approximate surface area is 140 Å². The first-order valence-electron chi connectivity index (χ1n) is 7.54. The third-order valence-corrected chi connectivity index (χ3v) is 4.39. The summed E-state index contributed by atoms with van der Waals surface area (Å²) >= 11 is 1.87. The molecule has 0 radical (unpaired) electrons. The van der Waals surface area contributed by atoms with E-state index in [1.807, 2.05) is 11.8 Å². The van der Waals surface area contributed by atoms with Crippen LogP contribution in [0.5, 0.6) is 0 Å². The molecular formula is C16H22N4O2S. The number of hydrogen-bond donors (Lipinski definition) is 4. The number of urea groups is 1. The number of amides is 3. The summed E-state index contributed by atoms with van der Waals surface area (Å²) in [6, 6.07) is 6.98. The Balaban J connectivity index is 1.78. The highest BCUT2D eigenvalue weighted by Gasteiger charge is 2.16. The van der Waals surface area contributed by atoms with E-state index in [9.17, 15) is 9.59 Å². The molecule has 1 saturated heterocycles. The van der Waals surface area contributed by atoms with Crippen LogP contribution in [-0.4, -0.2) is 42.6 Å². The average Bonchev–Trinajstić information content (AvgIpc) is 2.55. The van der Waals surface area contributed by atoms with Gasteiger partial charge in [0.25, 0.3) is 0 Å². The molecule has 4 N–H and O–H groups in total. The third kappa shape index (κ3) is 6.33. The van der Waals surface area contributed by atoms with Crippen molar-refractivity contribution in [2.75, 3.05) is 35.2 Å². The van der Waals surface area contributed by atoms with Crippen LogP contribution in [0, 0.1) is 0 Å². The van der Waals surface area contributed by atoms with Gasteiger partial charge >= 0.3 is 6.03 Å². The maximum atomic E-state index is 12.0. The molecule has 0 aliphatic carbocycles. The highest BCUT2D eigenvalue weighted by Crippen LogP contribution is 2.15. The molecule has 23 heavy (non-hydrogen) atoms. The molecule has 1 aromatic carbocycles. The van der Waals surface area contributed by atoms with Crippen molar-refractivity contribution in [1.82, 2.24) is 10.6 Å². The van der Waals surface area contributed by atoms with Gasteiger partial charge in [-0.2, -0.15) is 11.8 Å². The van der Waals surface area contributed by atoms with Crippen molar-refractivity contribution in [3.05, 3.63) is 36.9 Å². The topological polar surface area (TPSA) is 82.3 Å². The lowest BCUT2D eigenvalue weighted by Crippen LogP contribution is -2.39. The summed E-state index contributed by atoms with van der Waals surface area (Å²) < 4.78 is 0. The minimum atomic E-state index is -0.289. The largest absolute Gasteiger partial charge is 0.334 e. The molecule has 0 saturated carbocycles. The van der Waals surface area contributed by atoms with E-state index in [-0.39, 0.29) is 18.0 Å². The Bertz CT molecular complexity index is 542. The standard InChI is InChI=1S/C16H22N4O2S/c1-2-7-18-16(22)20-13-5-3-12(4-6-13)19-15(21)10-14-11-23-9-8-17-14/h2-6,14,17H,1,7-11H2,(H,19,21)(H2,18,20,22). The van der Waals surface area contributed by atoms with E-state index in [1.54, 1.807) is 30.3 Å². The fraction of sp³-hybridized carbons (Fsp3) is 0.375. The Hall–Kier alpha value is -1.99. The van der Waals surface area contributed by atoms with E-state index in [0.717, 1.165) is 23.7 Å². The van der Waals surface area contributed by atoms with Crippen LogP contribution in [0.1, 0.15) is 6.42 Å². The van der Waals surface area contributed by atoms with Gasteiger partial charge in [0, 0.05) is 48.4 Å². The smallest absolute Gasteiger partial charge is 0.319 e. The second-order valence-corrected chi connectivity index (χ2v) is 6.33. The Morgan fingerprint density at radius 3 is 2.57 bits per heavy atom. The van der Waals surface area contributed by atoms with E-state index < -0.39 is 0 Å². The first-order chi connectivity index (χ1) is 11.2. The minimum Gasteiger partial charge on any atom is -0.334 e. The van der Waals surface area contributed by atoms with Gasteiger partial charge in [0.05, 0.1) is 0 Å². The molecule has 1 fully saturated rings. The van der Waals surface area contributed by atoms with Crippen LogP contribution in [0.3, 0.4) is 0 Å². The molecule has 1 aromatic rings. The maximum Gasteiger partial charge on any atom is 0.319 e. The van der Waals surface area contributed by atoms with Gasteiger partial charge in [-0.05, 0) is 24.3 Å². The van der Waals surface area contributed by atoms with E-state index in [2.05, 4.69) is 27.8 Å². The summed E-state index contributed by atoms with van der Waals surface area (Å²) in [6.07, 6.45) is 2.08. The summed E-state index contributed by atoms with van der Waals surface area (Å²) in [5.74, 6) is 2.07. The van der Waals surface area contributed by atoms with Crippen LogP contribution >= 0.6 is 11.8 Å². The molecule has 2 rings (SSSR count). The van der Waals surface area contributed by atoms with Crippen LogP contribution in [0.4, 0.5) is 16.2 Å². The Morgan fingerprint density at radius 2 is 1.96 bits per heavy atom. The van der Waals surface area contributed by atoms with Gasteiger partial charge in [-0.15, -0.1) is 6.58 Å². The number of thioether (sulfide) groups is 1. The minimum absolute atomic E-state index is 0.00515. The predicted octanol–water partition coefficient (Wildman–Crippen LogP) is 2.03. The molecule has 0 bridgehead atoms. The van der Waals surface area contributed by atoms with Gasteiger partial charge < -0.3 is 21.3 Å². The molecule has 0 aromatic heterocycles. The number of anilines is 2. The molecule has 6 nitrogen and oxygen atoms in total. The lowest BCUT2D eigenvalue weighted by atomic mass is 10.2. The molecule has 1 atom stereocenters. The van der Waals surface area contributed by atoms with Gasteiger partial charge in [-0.25, -0.2) is 4.79 Å². The SMILES string of the molecule is C=CCNC(=O)Nc1ccc(NC(=O)CC2CSCCN2)cc1. The lowest BCUT2D eigenvalue weighted by molar-refractivity contribution is -0.116. The number of nitrogens with one attached hydrogen (secondary N) is 4. The van der Waals surface area contributed by atoms with Crippen molar-refractivity contribution < 1.29 is 9.59 Å². The van der Waals surface area contributed by atoms with E-state index in [4.69, 9.17) is 0 Å². The summed E-state index contributed by atoms with van der Waals surface area (Å²) in [5, 5.41) is 11.5. The van der Waals surface area contributed by atoms with Crippen molar-refractivity contribution in [3.8, 4) is 0 Å². The molecule has 0 spiro atoms. The Morgan fingerprint density at radius 1 is 1.26 bits per heavy atom. The van der Waals surface area contributed by atoms with Gasteiger partial charge in [-0.3, -0.25) is 4.79 Å². The summed E-state index contributed by atoms with van der Waals surface area (Å²) in [7, 11) is 0. The number of carbonyl (C=O) groups excluding carboxylic acids is 2. The first kappa shape index (κ1) is 17.4. The highest BCUT2D eigenvalue weighted by atomic mass is 32.2. The van der Waals surface area contributed by atoms with E-state index in [1.165, 1.54) is 0 Å². The van der Waals surface area contributed by atoms with Crippen LogP contribution < -0.4 is 21.3 Å². The lowest BCUT2D eigenvalue weighted by Gasteiger charge is -2.22. The van der Waals surface area contributed by atoms with E-state index >= 15 is 0 Å². The van der Waals surface area contributed by atoms with Crippen LogP contribution in [0.15, 0.2) is 36.9 Å². The Kier molecular flexibility index (Phi) is 6.96. The zero-order valence-corrected chi connectivity index (χ0v) is 13.7. The van der Waals surface area contributed by atoms with Crippen LogP contribution in [-0.2, 0) is 4.79 Å². The maximum absolute atomic E-state index is 12.0. The molecule has 1 heterocycles.